The topological polar surface area (TPSA) is 96.5 Å². The summed E-state index contributed by atoms with van der Waals surface area (Å²) in [6, 6.07) is 8.54. The fourth-order valence-electron chi connectivity index (χ4n) is 7.76. The normalized spacial score (nSPS) is 25.2. The van der Waals surface area contributed by atoms with Crippen molar-refractivity contribution < 1.29 is 14.1 Å². The number of amides is 2. The largest absolute Gasteiger partial charge is 0.351 e. The molecule has 3 aromatic rings. The second kappa shape index (κ2) is 10.7. The number of aromatic nitrogens is 3. The Morgan fingerprint density at radius 3 is 2.66 bits per heavy atom. The van der Waals surface area contributed by atoms with Gasteiger partial charge in [0, 0.05) is 37.7 Å². The van der Waals surface area contributed by atoms with Crippen LogP contribution in [0.15, 0.2) is 41.4 Å². The Bertz CT molecular complexity index is 1460. The first kappa shape index (κ1) is 26.4. The van der Waals surface area contributed by atoms with Gasteiger partial charge >= 0.3 is 0 Å². The number of carbonyl (C=O) groups is 2. The summed E-state index contributed by atoms with van der Waals surface area (Å²) in [5, 5.41) is 7.34. The lowest BCUT2D eigenvalue weighted by atomic mass is 9.64. The quantitative estimate of drug-likeness (QED) is 0.377. The van der Waals surface area contributed by atoms with E-state index in [-0.39, 0.29) is 29.0 Å². The lowest BCUT2D eigenvalue weighted by Crippen LogP contribution is -2.42. The zero-order chi connectivity index (χ0) is 28.0. The van der Waals surface area contributed by atoms with Crippen LogP contribution < -0.4 is 5.32 Å². The standard InChI is InChI=1S/C32H40N6O3/c1-2-29(39)37-15-12-32(21-37)18-24(19-32)38-27-11-10-22(20-36-13-6-7-14-36)16-26(27)33-31(38)34-30(40)28-17-25(35-41-28)23-8-4-3-5-9-23/h2,10-11,16-17,23-24H,1,3-9,12-15,18-21H2,(H,33,34,40)/t24-,32-. The van der Waals surface area contributed by atoms with Gasteiger partial charge in [0.25, 0.3) is 5.91 Å². The van der Waals surface area contributed by atoms with Crippen LogP contribution in [0, 0.1) is 5.41 Å². The van der Waals surface area contributed by atoms with E-state index in [4.69, 9.17) is 9.51 Å². The van der Waals surface area contributed by atoms with E-state index in [1.807, 2.05) is 11.0 Å². The molecular weight excluding hydrogens is 516 g/mol. The van der Waals surface area contributed by atoms with Gasteiger partial charge in [-0.2, -0.15) is 0 Å². The molecule has 2 saturated carbocycles. The van der Waals surface area contributed by atoms with Crippen molar-refractivity contribution in [3.05, 3.63) is 53.9 Å². The van der Waals surface area contributed by atoms with Crippen molar-refractivity contribution in [2.75, 3.05) is 31.5 Å². The number of rotatable bonds is 7. The van der Waals surface area contributed by atoms with Crippen molar-refractivity contribution in [1.82, 2.24) is 24.5 Å². The summed E-state index contributed by atoms with van der Waals surface area (Å²) in [6.45, 7) is 8.41. The van der Waals surface area contributed by atoms with Gasteiger partial charge in [-0.3, -0.25) is 19.8 Å². The number of fused-ring (bicyclic) bond motifs is 1. The highest BCUT2D eigenvalue weighted by Gasteiger charge is 2.50. The molecule has 2 amide bonds. The van der Waals surface area contributed by atoms with Crippen molar-refractivity contribution in [1.29, 1.82) is 0 Å². The summed E-state index contributed by atoms with van der Waals surface area (Å²) in [5.74, 6) is 0.856. The Balaban J connectivity index is 1.14. The Kier molecular flexibility index (Phi) is 6.93. The molecule has 216 valence electrons. The van der Waals surface area contributed by atoms with Crippen molar-refractivity contribution in [2.45, 2.75) is 82.7 Å². The van der Waals surface area contributed by atoms with E-state index in [9.17, 15) is 9.59 Å². The van der Waals surface area contributed by atoms with Crippen LogP contribution in [0.3, 0.4) is 0 Å². The molecule has 1 N–H and O–H groups in total. The number of imidazole rings is 1. The van der Waals surface area contributed by atoms with E-state index >= 15 is 0 Å². The summed E-state index contributed by atoms with van der Waals surface area (Å²) in [6.07, 6.45) is 12.7. The van der Waals surface area contributed by atoms with Gasteiger partial charge in [0.2, 0.25) is 17.6 Å². The first-order chi connectivity index (χ1) is 20.0. The number of anilines is 1. The maximum Gasteiger partial charge on any atom is 0.296 e. The molecule has 9 heteroatoms. The summed E-state index contributed by atoms with van der Waals surface area (Å²) in [4.78, 5) is 35.0. The number of carbonyl (C=O) groups excluding carboxylic acids is 2. The summed E-state index contributed by atoms with van der Waals surface area (Å²) < 4.78 is 7.73. The second-order valence-corrected chi connectivity index (χ2v) is 12.8. The smallest absolute Gasteiger partial charge is 0.296 e. The highest BCUT2D eigenvalue weighted by Crippen LogP contribution is 2.55. The molecule has 7 rings (SSSR count). The van der Waals surface area contributed by atoms with E-state index in [1.54, 1.807) is 0 Å². The Labute approximate surface area is 240 Å². The van der Waals surface area contributed by atoms with E-state index < -0.39 is 0 Å². The first-order valence-electron chi connectivity index (χ1n) is 15.4. The third-order valence-corrected chi connectivity index (χ3v) is 9.99. The van der Waals surface area contributed by atoms with Crippen LogP contribution >= 0.6 is 0 Å². The van der Waals surface area contributed by atoms with E-state index in [1.165, 1.54) is 43.7 Å². The van der Waals surface area contributed by atoms with Gasteiger partial charge in [0.1, 0.15) is 0 Å². The summed E-state index contributed by atoms with van der Waals surface area (Å²) in [7, 11) is 0. The molecule has 0 radical (unpaired) electrons. The van der Waals surface area contributed by atoms with Crippen LogP contribution in [0.4, 0.5) is 5.95 Å². The molecular formula is C32H40N6O3. The predicted molar refractivity (Wildman–Crippen MR) is 157 cm³/mol. The molecule has 1 aromatic carbocycles. The van der Waals surface area contributed by atoms with Crippen LogP contribution in [0.2, 0.25) is 0 Å². The lowest BCUT2D eigenvalue weighted by molar-refractivity contribution is -0.125. The predicted octanol–water partition coefficient (Wildman–Crippen LogP) is 5.66. The molecule has 2 saturated heterocycles. The highest BCUT2D eigenvalue weighted by atomic mass is 16.5. The van der Waals surface area contributed by atoms with E-state index in [0.717, 1.165) is 81.6 Å². The molecule has 0 bridgehead atoms. The number of benzene rings is 1. The van der Waals surface area contributed by atoms with Crippen LogP contribution in [-0.2, 0) is 11.3 Å². The Morgan fingerprint density at radius 1 is 1.07 bits per heavy atom. The van der Waals surface area contributed by atoms with Gasteiger partial charge < -0.3 is 14.0 Å². The molecule has 2 aromatic heterocycles. The lowest BCUT2D eigenvalue weighted by Gasteiger charge is -2.46. The van der Waals surface area contributed by atoms with Crippen molar-refractivity contribution >= 4 is 28.8 Å². The molecule has 41 heavy (non-hydrogen) atoms. The van der Waals surface area contributed by atoms with Gasteiger partial charge in [0.05, 0.1) is 16.7 Å². The molecule has 2 aliphatic heterocycles. The fourth-order valence-corrected chi connectivity index (χ4v) is 7.76. The minimum Gasteiger partial charge on any atom is -0.351 e. The van der Waals surface area contributed by atoms with Gasteiger partial charge in [-0.15, -0.1) is 0 Å². The minimum atomic E-state index is -0.314. The zero-order valence-electron chi connectivity index (χ0n) is 23.8. The highest BCUT2D eigenvalue weighted by molar-refractivity contribution is 6.02. The van der Waals surface area contributed by atoms with Crippen LogP contribution in [0.1, 0.15) is 98.0 Å². The van der Waals surface area contributed by atoms with Gasteiger partial charge in [-0.1, -0.05) is 37.1 Å². The van der Waals surface area contributed by atoms with Gasteiger partial charge in [-0.05, 0) is 87.2 Å². The van der Waals surface area contributed by atoms with Crippen molar-refractivity contribution in [3.8, 4) is 0 Å². The third kappa shape index (κ3) is 5.09. The number of hydrogen-bond acceptors (Lipinski definition) is 6. The summed E-state index contributed by atoms with van der Waals surface area (Å²) >= 11 is 0. The molecule has 4 heterocycles. The molecule has 0 unspecified atom stereocenters. The third-order valence-electron chi connectivity index (χ3n) is 9.99. The fraction of sp³-hybridized carbons (Fsp3) is 0.562. The zero-order valence-corrected chi connectivity index (χ0v) is 23.8. The monoisotopic (exact) mass is 556 g/mol. The SMILES string of the molecule is C=CC(=O)N1CC[C@]2(C1)C[C@H](n1c(NC(=O)c3cc(C4CCCCC4)no3)nc3cc(CN4CCCC4)ccc31)C2. The summed E-state index contributed by atoms with van der Waals surface area (Å²) in [5.41, 5.74) is 4.18. The van der Waals surface area contributed by atoms with E-state index in [0.29, 0.717) is 11.9 Å². The van der Waals surface area contributed by atoms with Crippen LogP contribution in [-0.4, -0.2) is 62.5 Å². The maximum absolute atomic E-state index is 13.4. The molecule has 4 aliphatic rings. The number of nitrogens with zero attached hydrogens (tertiary/aromatic N) is 5. The molecule has 0 atom stereocenters. The first-order valence-corrected chi connectivity index (χ1v) is 15.4. The van der Waals surface area contributed by atoms with Gasteiger partial charge in [-0.25, -0.2) is 4.98 Å². The van der Waals surface area contributed by atoms with E-state index in [2.05, 4.69) is 44.7 Å². The molecule has 2 aliphatic carbocycles. The molecule has 4 fully saturated rings. The molecule has 1 spiro atoms. The second-order valence-electron chi connectivity index (χ2n) is 12.8. The van der Waals surface area contributed by atoms with Crippen LogP contribution in [0.25, 0.3) is 11.0 Å². The Hall–Kier alpha value is -3.46. The average Bonchev–Trinajstić information content (AvgIpc) is 3.78. The van der Waals surface area contributed by atoms with Crippen LogP contribution in [0.5, 0.6) is 0 Å². The minimum absolute atomic E-state index is 0.0107. The number of hydrogen-bond donors (Lipinski definition) is 1. The van der Waals surface area contributed by atoms with Crippen molar-refractivity contribution in [3.63, 3.8) is 0 Å². The number of likely N-dealkylation sites (tertiary alicyclic amines) is 2. The van der Waals surface area contributed by atoms with Gasteiger partial charge in [0.15, 0.2) is 0 Å². The number of nitrogens with one attached hydrogen (secondary N) is 1. The average molecular weight is 557 g/mol. The maximum atomic E-state index is 13.4. The van der Waals surface area contributed by atoms with Crippen molar-refractivity contribution in [2.24, 2.45) is 5.41 Å². The Morgan fingerprint density at radius 2 is 1.88 bits per heavy atom. The molecule has 9 nitrogen and oxygen atoms in total.